The van der Waals surface area contributed by atoms with Crippen molar-refractivity contribution in [2.45, 2.75) is 39.5 Å². The molecule has 2 aromatic rings. The molecule has 7 heteroatoms. The van der Waals surface area contributed by atoms with Crippen molar-refractivity contribution in [2.75, 3.05) is 13.7 Å². The van der Waals surface area contributed by atoms with Crippen LogP contribution in [0.1, 0.15) is 26.5 Å². The number of methoxy groups -OCH3 is 1. The van der Waals surface area contributed by atoms with Crippen molar-refractivity contribution in [1.29, 1.82) is 0 Å². The third-order valence-electron chi connectivity index (χ3n) is 3.93. The van der Waals surface area contributed by atoms with E-state index in [1.54, 1.807) is 12.0 Å². The first kappa shape index (κ1) is 18.0. The summed E-state index contributed by atoms with van der Waals surface area (Å²) in [6.07, 6.45) is -0.283. The molecule has 0 saturated heterocycles. The van der Waals surface area contributed by atoms with E-state index in [-0.39, 0.29) is 6.09 Å². The molecule has 1 aromatic carbocycles. The molecule has 6 nitrogen and oxygen atoms in total. The molecule has 0 aliphatic carbocycles. The van der Waals surface area contributed by atoms with Gasteiger partial charge in [0.2, 0.25) is 0 Å². The summed E-state index contributed by atoms with van der Waals surface area (Å²) >= 11 is 2.30. The van der Waals surface area contributed by atoms with Crippen LogP contribution in [0.3, 0.4) is 0 Å². The molecule has 0 saturated carbocycles. The zero-order valence-electron chi connectivity index (χ0n) is 14.9. The Morgan fingerprint density at radius 2 is 1.96 bits per heavy atom. The molecule has 0 spiro atoms. The molecule has 0 fully saturated rings. The molecule has 0 N–H and O–H groups in total. The molecule has 0 radical (unpaired) electrons. The van der Waals surface area contributed by atoms with E-state index in [1.165, 1.54) is 0 Å². The predicted molar refractivity (Wildman–Crippen MR) is 104 cm³/mol. The Bertz CT molecular complexity index is 795. The van der Waals surface area contributed by atoms with Crippen molar-refractivity contribution in [2.24, 2.45) is 0 Å². The van der Waals surface area contributed by atoms with Crippen LogP contribution >= 0.6 is 22.6 Å². The number of fused-ring (bicyclic) bond motifs is 1. The Labute approximate surface area is 161 Å². The molecule has 1 aromatic heterocycles. The minimum atomic E-state index is -0.496. The summed E-state index contributed by atoms with van der Waals surface area (Å²) in [5, 5.41) is 4.75. The minimum absolute atomic E-state index is 0.283. The highest BCUT2D eigenvalue weighted by Gasteiger charge is 2.29. The summed E-state index contributed by atoms with van der Waals surface area (Å²) in [7, 11) is 1.66. The summed E-state index contributed by atoms with van der Waals surface area (Å²) in [5.41, 5.74) is 2.38. The number of halogens is 1. The fourth-order valence-electron chi connectivity index (χ4n) is 2.78. The highest BCUT2D eigenvalue weighted by Crippen LogP contribution is 2.35. The van der Waals surface area contributed by atoms with Crippen molar-refractivity contribution >= 4 is 28.7 Å². The molecule has 0 bridgehead atoms. The Balaban J connectivity index is 1.89. The SMILES string of the molecule is COc1ccccc1-c1nn2c(c1I)CN(C(=O)OC(C)(C)C)CC2. The number of amides is 1. The summed E-state index contributed by atoms with van der Waals surface area (Å²) in [5.74, 6) is 0.792. The Morgan fingerprint density at radius 1 is 1.24 bits per heavy atom. The lowest BCUT2D eigenvalue weighted by Crippen LogP contribution is -2.41. The second kappa shape index (κ2) is 6.86. The molecule has 1 aliphatic rings. The smallest absolute Gasteiger partial charge is 0.410 e. The van der Waals surface area contributed by atoms with Gasteiger partial charge < -0.3 is 14.4 Å². The molecule has 134 valence electrons. The van der Waals surface area contributed by atoms with Crippen molar-refractivity contribution in [1.82, 2.24) is 14.7 Å². The molecular formula is C18H22IN3O3. The molecule has 1 aliphatic heterocycles. The van der Waals surface area contributed by atoms with Crippen LogP contribution in [0.15, 0.2) is 24.3 Å². The van der Waals surface area contributed by atoms with Gasteiger partial charge in [-0.25, -0.2) is 4.79 Å². The summed E-state index contributed by atoms with van der Waals surface area (Å²) < 4.78 is 14.0. The second-order valence-electron chi connectivity index (χ2n) is 6.93. The van der Waals surface area contributed by atoms with Crippen LogP contribution in [-0.2, 0) is 17.8 Å². The Hall–Kier alpha value is -1.77. The number of para-hydroxylation sites is 1. The van der Waals surface area contributed by atoms with Crippen LogP contribution in [0.4, 0.5) is 4.79 Å². The van der Waals surface area contributed by atoms with Gasteiger partial charge >= 0.3 is 6.09 Å². The first-order chi connectivity index (χ1) is 11.8. The number of carbonyl (C=O) groups excluding carboxylic acids is 1. The third-order valence-corrected chi connectivity index (χ3v) is 5.06. The van der Waals surface area contributed by atoms with Crippen LogP contribution in [-0.4, -0.2) is 40.0 Å². The summed E-state index contributed by atoms with van der Waals surface area (Å²) in [6, 6.07) is 7.84. The van der Waals surface area contributed by atoms with E-state index in [1.807, 2.05) is 49.7 Å². The highest BCUT2D eigenvalue weighted by atomic mass is 127. The van der Waals surface area contributed by atoms with Crippen molar-refractivity contribution in [3.63, 3.8) is 0 Å². The maximum atomic E-state index is 12.4. The van der Waals surface area contributed by atoms with Crippen LogP contribution in [0.5, 0.6) is 5.75 Å². The second-order valence-corrected chi connectivity index (χ2v) is 8.01. The van der Waals surface area contributed by atoms with Gasteiger partial charge in [0.05, 0.1) is 29.5 Å². The molecule has 1 amide bonds. The molecule has 2 heterocycles. The van der Waals surface area contributed by atoms with Crippen LogP contribution in [0.2, 0.25) is 0 Å². The molecule has 0 unspecified atom stereocenters. The summed E-state index contributed by atoms with van der Waals surface area (Å²) in [4.78, 5) is 14.1. The van der Waals surface area contributed by atoms with Gasteiger partial charge in [0.1, 0.15) is 17.0 Å². The highest BCUT2D eigenvalue weighted by molar-refractivity contribution is 14.1. The van der Waals surface area contributed by atoms with Gasteiger partial charge in [-0.3, -0.25) is 4.68 Å². The van der Waals surface area contributed by atoms with Gasteiger partial charge in [0.15, 0.2) is 0 Å². The third kappa shape index (κ3) is 3.75. The van der Waals surface area contributed by atoms with Gasteiger partial charge in [0.25, 0.3) is 0 Å². The number of hydrogen-bond acceptors (Lipinski definition) is 4. The van der Waals surface area contributed by atoms with Gasteiger partial charge in [-0.15, -0.1) is 0 Å². The van der Waals surface area contributed by atoms with E-state index < -0.39 is 5.60 Å². The van der Waals surface area contributed by atoms with E-state index in [9.17, 15) is 4.79 Å². The lowest BCUT2D eigenvalue weighted by Gasteiger charge is -2.30. The van der Waals surface area contributed by atoms with Crippen molar-refractivity contribution in [3.8, 4) is 17.0 Å². The number of aromatic nitrogens is 2. The standard InChI is InChI=1S/C18H22IN3O3/c1-18(2,3)25-17(23)21-9-10-22-13(11-21)15(19)16(20-22)12-7-5-6-8-14(12)24-4/h5-8H,9-11H2,1-4H3. The quantitative estimate of drug-likeness (QED) is 0.645. The first-order valence-electron chi connectivity index (χ1n) is 8.16. The monoisotopic (exact) mass is 455 g/mol. The normalized spacial score (nSPS) is 14.2. The van der Waals surface area contributed by atoms with E-state index in [2.05, 4.69) is 22.6 Å². The largest absolute Gasteiger partial charge is 0.496 e. The lowest BCUT2D eigenvalue weighted by atomic mass is 10.1. The van der Waals surface area contributed by atoms with Crippen LogP contribution in [0.25, 0.3) is 11.3 Å². The number of hydrogen-bond donors (Lipinski definition) is 0. The minimum Gasteiger partial charge on any atom is -0.496 e. The van der Waals surface area contributed by atoms with E-state index in [0.29, 0.717) is 19.6 Å². The number of ether oxygens (including phenoxy) is 2. The van der Waals surface area contributed by atoms with Gasteiger partial charge in [0, 0.05) is 12.1 Å². The topological polar surface area (TPSA) is 56.6 Å². The van der Waals surface area contributed by atoms with Crippen LogP contribution in [0, 0.1) is 3.57 Å². The molecule has 0 atom stereocenters. The Morgan fingerprint density at radius 3 is 2.64 bits per heavy atom. The summed E-state index contributed by atoms with van der Waals surface area (Å²) in [6.45, 7) is 7.37. The molecular weight excluding hydrogens is 433 g/mol. The fourth-order valence-corrected chi connectivity index (χ4v) is 3.63. The van der Waals surface area contributed by atoms with Crippen molar-refractivity contribution in [3.05, 3.63) is 33.5 Å². The zero-order chi connectivity index (χ0) is 18.2. The number of nitrogens with zero attached hydrogens (tertiary/aromatic N) is 3. The van der Waals surface area contributed by atoms with E-state index in [0.717, 1.165) is 26.3 Å². The van der Waals surface area contributed by atoms with Crippen molar-refractivity contribution < 1.29 is 14.3 Å². The van der Waals surface area contributed by atoms with Gasteiger partial charge in [-0.1, -0.05) is 12.1 Å². The van der Waals surface area contributed by atoms with Gasteiger partial charge in [-0.2, -0.15) is 5.10 Å². The lowest BCUT2D eigenvalue weighted by molar-refractivity contribution is 0.0194. The number of rotatable bonds is 2. The van der Waals surface area contributed by atoms with Crippen LogP contribution < -0.4 is 4.74 Å². The average molecular weight is 455 g/mol. The predicted octanol–water partition coefficient (Wildman–Crippen LogP) is 3.91. The zero-order valence-corrected chi connectivity index (χ0v) is 17.0. The first-order valence-corrected chi connectivity index (χ1v) is 9.24. The van der Waals surface area contributed by atoms with Gasteiger partial charge in [-0.05, 0) is 55.5 Å². The maximum absolute atomic E-state index is 12.4. The average Bonchev–Trinajstić information content (AvgIpc) is 2.89. The number of benzene rings is 1. The van der Waals surface area contributed by atoms with E-state index >= 15 is 0 Å². The Kier molecular flexibility index (Phi) is 4.95. The number of carbonyl (C=O) groups is 1. The fraction of sp³-hybridized carbons (Fsp3) is 0.444. The molecule has 3 rings (SSSR count). The molecule has 25 heavy (non-hydrogen) atoms. The maximum Gasteiger partial charge on any atom is 0.410 e. The van der Waals surface area contributed by atoms with E-state index in [4.69, 9.17) is 14.6 Å².